The van der Waals surface area contributed by atoms with Gasteiger partial charge in [-0.15, -0.1) is 0 Å². The van der Waals surface area contributed by atoms with E-state index in [0.717, 1.165) is 25.7 Å². The predicted octanol–water partition coefficient (Wildman–Crippen LogP) is 3.72. The van der Waals surface area contributed by atoms with Gasteiger partial charge in [-0.05, 0) is 48.9 Å². The Morgan fingerprint density at radius 3 is 1.95 bits per heavy atom. The highest BCUT2D eigenvalue weighted by Crippen LogP contribution is 2.60. The minimum absolute atomic E-state index is 0.0403. The second-order valence-corrected chi connectivity index (χ2v) is 9.22. The van der Waals surface area contributed by atoms with Gasteiger partial charge in [-0.3, -0.25) is 0 Å². The Labute approximate surface area is 119 Å². The lowest BCUT2D eigenvalue weighted by Crippen LogP contribution is -2.58. The summed E-state index contributed by atoms with van der Waals surface area (Å²) in [5.41, 5.74) is 5.98. The van der Waals surface area contributed by atoms with E-state index in [-0.39, 0.29) is 16.2 Å². The molecule has 2 atom stereocenters. The number of hydrogen-bond acceptors (Lipinski definition) is 2. The zero-order valence-electron chi connectivity index (χ0n) is 13.6. The molecule has 2 aliphatic rings. The van der Waals surface area contributed by atoms with Crippen LogP contribution in [0, 0.1) is 22.2 Å². The predicted molar refractivity (Wildman–Crippen MR) is 80.9 cm³/mol. The van der Waals surface area contributed by atoms with Gasteiger partial charge in [0, 0.05) is 12.0 Å². The third kappa shape index (κ3) is 2.71. The Kier molecular flexibility index (Phi) is 3.59. The Balaban J connectivity index is 2.34. The lowest BCUT2D eigenvalue weighted by Gasteiger charge is -2.56. The van der Waals surface area contributed by atoms with E-state index in [1.165, 1.54) is 12.8 Å². The molecule has 0 radical (unpaired) electrons. The SMILES string of the molecule is CC1CCC(CN)(C2(O)CC(C)(C)CC(C)(C)C2)C1. The van der Waals surface area contributed by atoms with Crippen LogP contribution >= 0.6 is 0 Å². The second kappa shape index (κ2) is 4.46. The summed E-state index contributed by atoms with van der Waals surface area (Å²) in [6.07, 6.45) is 6.44. The van der Waals surface area contributed by atoms with E-state index >= 15 is 0 Å². The molecule has 0 aromatic rings. The number of rotatable bonds is 2. The van der Waals surface area contributed by atoms with Crippen molar-refractivity contribution in [2.24, 2.45) is 27.9 Å². The van der Waals surface area contributed by atoms with Crippen molar-refractivity contribution in [3.63, 3.8) is 0 Å². The van der Waals surface area contributed by atoms with Gasteiger partial charge in [0.1, 0.15) is 0 Å². The molecule has 0 spiro atoms. The zero-order chi connectivity index (χ0) is 14.5. The fourth-order valence-corrected chi connectivity index (χ4v) is 5.63. The molecule has 2 rings (SSSR count). The minimum Gasteiger partial charge on any atom is -0.389 e. The first-order chi connectivity index (χ1) is 8.53. The quantitative estimate of drug-likeness (QED) is 0.801. The summed E-state index contributed by atoms with van der Waals surface area (Å²) < 4.78 is 0. The van der Waals surface area contributed by atoms with Crippen LogP contribution in [0.3, 0.4) is 0 Å². The third-order valence-electron chi connectivity index (χ3n) is 5.73. The third-order valence-corrected chi connectivity index (χ3v) is 5.73. The first kappa shape index (κ1) is 15.3. The Hall–Kier alpha value is -0.0800. The molecule has 112 valence electrons. The van der Waals surface area contributed by atoms with E-state index in [9.17, 15) is 5.11 Å². The summed E-state index contributed by atoms with van der Waals surface area (Å²) in [7, 11) is 0. The molecular weight excluding hydrogens is 234 g/mol. The van der Waals surface area contributed by atoms with E-state index in [2.05, 4.69) is 34.6 Å². The molecule has 0 saturated heterocycles. The van der Waals surface area contributed by atoms with Crippen LogP contribution in [-0.2, 0) is 0 Å². The Morgan fingerprint density at radius 1 is 1.05 bits per heavy atom. The van der Waals surface area contributed by atoms with Crippen molar-refractivity contribution in [1.82, 2.24) is 0 Å². The van der Waals surface area contributed by atoms with Crippen LogP contribution < -0.4 is 5.73 Å². The Morgan fingerprint density at radius 2 is 1.58 bits per heavy atom. The topological polar surface area (TPSA) is 46.2 Å². The summed E-state index contributed by atoms with van der Waals surface area (Å²) in [6, 6.07) is 0. The maximum Gasteiger partial charge on any atom is 0.0726 e. The van der Waals surface area contributed by atoms with Crippen molar-refractivity contribution in [2.75, 3.05) is 6.54 Å². The fraction of sp³-hybridized carbons (Fsp3) is 1.00. The molecule has 0 aromatic heterocycles. The van der Waals surface area contributed by atoms with Gasteiger partial charge in [0.25, 0.3) is 0 Å². The van der Waals surface area contributed by atoms with Crippen molar-refractivity contribution in [1.29, 1.82) is 0 Å². The summed E-state index contributed by atoms with van der Waals surface area (Å²) in [5, 5.41) is 11.5. The molecule has 2 nitrogen and oxygen atoms in total. The molecular formula is C17H33NO. The fourth-order valence-electron chi connectivity index (χ4n) is 5.63. The van der Waals surface area contributed by atoms with Gasteiger partial charge < -0.3 is 10.8 Å². The van der Waals surface area contributed by atoms with Gasteiger partial charge in [0.05, 0.1) is 5.60 Å². The lowest BCUT2D eigenvalue weighted by molar-refractivity contribution is -0.161. The Bertz CT molecular complexity index is 331. The molecule has 2 fully saturated rings. The molecule has 0 aliphatic heterocycles. The van der Waals surface area contributed by atoms with Crippen LogP contribution in [0.1, 0.15) is 73.1 Å². The number of hydrogen-bond donors (Lipinski definition) is 2. The molecule has 19 heavy (non-hydrogen) atoms. The van der Waals surface area contributed by atoms with Crippen LogP contribution in [-0.4, -0.2) is 17.3 Å². The maximum absolute atomic E-state index is 11.5. The van der Waals surface area contributed by atoms with Crippen LogP contribution in [0.15, 0.2) is 0 Å². The van der Waals surface area contributed by atoms with Crippen molar-refractivity contribution < 1.29 is 5.11 Å². The molecule has 2 unspecified atom stereocenters. The van der Waals surface area contributed by atoms with Crippen LogP contribution in [0.4, 0.5) is 0 Å². The standard InChI is InChI=1S/C17H33NO/c1-13-6-7-16(8-13,12-18)17(19)10-14(2,3)9-15(4,5)11-17/h13,19H,6-12,18H2,1-5H3. The molecule has 0 heterocycles. The molecule has 2 heteroatoms. The molecule has 3 N–H and O–H groups in total. The maximum atomic E-state index is 11.5. The van der Waals surface area contributed by atoms with E-state index in [1.54, 1.807) is 0 Å². The van der Waals surface area contributed by atoms with Crippen LogP contribution in [0.2, 0.25) is 0 Å². The number of nitrogens with two attached hydrogens (primary N) is 1. The van der Waals surface area contributed by atoms with E-state index < -0.39 is 5.60 Å². The van der Waals surface area contributed by atoms with Gasteiger partial charge in [-0.1, -0.05) is 41.0 Å². The molecule has 0 bridgehead atoms. The molecule has 2 aliphatic carbocycles. The minimum atomic E-state index is -0.572. The van der Waals surface area contributed by atoms with Crippen molar-refractivity contribution in [2.45, 2.75) is 78.7 Å². The zero-order valence-corrected chi connectivity index (χ0v) is 13.6. The summed E-state index contributed by atoms with van der Waals surface area (Å²) in [6.45, 7) is 12.2. The normalized spacial score (nSPS) is 40.3. The smallest absolute Gasteiger partial charge is 0.0726 e. The number of aliphatic hydroxyl groups is 1. The summed E-state index contributed by atoms with van der Waals surface area (Å²) >= 11 is 0. The van der Waals surface area contributed by atoms with E-state index in [0.29, 0.717) is 12.5 Å². The average molecular weight is 267 g/mol. The monoisotopic (exact) mass is 267 g/mol. The lowest BCUT2D eigenvalue weighted by atomic mass is 9.52. The molecule has 0 aromatic carbocycles. The average Bonchev–Trinajstić information content (AvgIpc) is 2.56. The molecule has 0 amide bonds. The highest BCUT2D eigenvalue weighted by Gasteiger charge is 2.58. The van der Waals surface area contributed by atoms with Gasteiger partial charge in [0.15, 0.2) is 0 Å². The molecule has 2 saturated carbocycles. The largest absolute Gasteiger partial charge is 0.389 e. The van der Waals surface area contributed by atoms with Crippen molar-refractivity contribution in [3.05, 3.63) is 0 Å². The van der Waals surface area contributed by atoms with Crippen LogP contribution in [0.5, 0.6) is 0 Å². The summed E-state index contributed by atoms with van der Waals surface area (Å²) in [5.74, 6) is 0.709. The highest BCUT2D eigenvalue weighted by molar-refractivity contribution is 5.10. The van der Waals surface area contributed by atoms with E-state index in [4.69, 9.17) is 5.73 Å². The first-order valence-electron chi connectivity index (χ1n) is 7.96. The van der Waals surface area contributed by atoms with Crippen molar-refractivity contribution in [3.8, 4) is 0 Å². The van der Waals surface area contributed by atoms with E-state index in [1.807, 2.05) is 0 Å². The first-order valence-corrected chi connectivity index (χ1v) is 7.96. The second-order valence-electron chi connectivity index (χ2n) is 9.22. The van der Waals surface area contributed by atoms with Crippen LogP contribution in [0.25, 0.3) is 0 Å². The van der Waals surface area contributed by atoms with Gasteiger partial charge in [-0.2, -0.15) is 0 Å². The summed E-state index contributed by atoms with van der Waals surface area (Å²) in [4.78, 5) is 0. The van der Waals surface area contributed by atoms with Crippen molar-refractivity contribution >= 4 is 0 Å². The van der Waals surface area contributed by atoms with Gasteiger partial charge >= 0.3 is 0 Å². The highest BCUT2D eigenvalue weighted by atomic mass is 16.3. The van der Waals surface area contributed by atoms with Gasteiger partial charge in [-0.25, -0.2) is 0 Å². The van der Waals surface area contributed by atoms with Gasteiger partial charge in [0.2, 0.25) is 0 Å².